The van der Waals surface area contributed by atoms with E-state index in [1.54, 1.807) is 24.0 Å². The van der Waals surface area contributed by atoms with Crippen LogP contribution in [0.2, 0.25) is 0 Å². The highest BCUT2D eigenvalue weighted by Crippen LogP contribution is 2.34. The molecule has 2 saturated heterocycles. The van der Waals surface area contributed by atoms with Gasteiger partial charge in [0.2, 0.25) is 0 Å². The normalized spacial score (nSPS) is 18.9. The lowest BCUT2D eigenvalue weighted by Gasteiger charge is -2.45. The van der Waals surface area contributed by atoms with Gasteiger partial charge in [0.05, 0.1) is 24.4 Å². The topological polar surface area (TPSA) is 109 Å². The van der Waals surface area contributed by atoms with Gasteiger partial charge in [0, 0.05) is 45.1 Å². The first kappa shape index (κ1) is 18.9. The minimum absolute atomic E-state index is 0.291. The van der Waals surface area contributed by atoms with E-state index in [0.717, 1.165) is 0 Å². The van der Waals surface area contributed by atoms with Crippen LogP contribution in [0.25, 0.3) is 0 Å². The number of carboxylic acid groups (broad SMARTS) is 1. The van der Waals surface area contributed by atoms with Crippen molar-refractivity contribution in [3.63, 3.8) is 0 Å². The number of amides is 2. The van der Waals surface area contributed by atoms with E-state index in [4.69, 9.17) is 14.6 Å². The molecule has 0 aliphatic carbocycles. The Labute approximate surface area is 156 Å². The Morgan fingerprint density at radius 1 is 1.26 bits per heavy atom. The van der Waals surface area contributed by atoms with Crippen LogP contribution in [0.4, 0.5) is 9.59 Å². The molecule has 1 aromatic rings. The first-order valence-corrected chi connectivity index (χ1v) is 9.00. The fourth-order valence-electron chi connectivity index (χ4n) is 3.38. The highest BCUT2D eigenvalue weighted by molar-refractivity contribution is 5.88. The number of likely N-dealkylation sites (tertiary alicyclic amines) is 1. The molecule has 3 rings (SSSR count). The summed E-state index contributed by atoms with van der Waals surface area (Å²) in [5.41, 5.74) is 0.448. The molecular weight excluding hydrogens is 354 g/mol. The molecule has 27 heavy (non-hydrogen) atoms. The summed E-state index contributed by atoms with van der Waals surface area (Å²) in [6.07, 6.45) is 1.78. The van der Waals surface area contributed by atoms with Gasteiger partial charge < -0.3 is 24.4 Å². The van der Waals surface area contributed by atoms with Crippen molar-refractivity contribution in [2.45, 2.75) is 38.3 Å². The number of hydrogen-bond acceptors (Lipinski definition) is 6. The standard InChI is InChI=1S/C18H23N3O6/c1-2-26-15(22)13-3-4-14(19-11-13)12-21-10-7-18(27-17(21)25)5-8-20(9-6-18)16(23)24/h3-4,11H,2,5-10,12H2,1H3,(H,23,24). The molecular formula is C18H23N3O6. The van der Waals surface area contributed by atoms with Crippen molar-refractivity contribution in [2.24, 2.45) is 0 Å². The molecule has 1 aromatic heterocycles. The number of esters is 1. The van der Waals surface area contributed by atoms with E-state index < -0.39 is 23.8 Å². The summed E-state index contributed by atoms with van der Waals surface area (Å²) < 4.78 is 10.6. The number of carbonyl (C=O) groups is 3. The number of piperidine rings is 1. The summed E-state index contributed by atoms with van der Waals surface area (Å²) in [5.74, 6) is -0.427. The van der Waals surface area contributed by atoms with Crippen LogP contribution in [0.1, 0.15) is 42.2 Å². The number of aromatic nitrogens is 1. The summed E-state index contributed by atoms with van der Waals surface area (Å²) in [4.78, 5) is 42.2. The molecule has 9 nitrogen and oxygen atoms in total. The Morgan fingerprint density at radius 3 is 2.52 bits per heavy atom. The number of carbonyl (C=O) groups excluding carboxylic acids is 2. The van der Waals surface area contributed by atoms with Gasteiger partial charge >= 0.3 is 18.2 Å². The van der Waals surface area contributed by atoms with Gasteiger partial charge in [0.25, 0.3) is 0 Å². The van der Waals surface area contributed by atoms with Gasteiger partial charge in [-0.05, 0) is 19.1 Å². The minimum Gasteiger partial charge on any atom is -0.465 e. The first-order valence-electron chi connectivity index (χ1n) is 9.00. The second-order valence-electron chi connectivity index (χ2n) is 6.75. The minimum atomic E-state index is -0.939. The van der Waals surface area contributed by atoms with Gasteiger partial charge in [-0.25, -0.2) is 14.4 Å². The van der Waals surface area contributed by atoms with Crippen LogP contribution < -0.4 is 0 Å². The third kappa shape index (κ3) is 4.29. The molecule has 0 saturated carbocycles. The molecule has 146 valence electrons. The average molecular weight is 377 g/mol. The van der Waals surface area contributed by atoms with E-state index in [1.807, 2.05) is 0 Å². The van der Waals surface area contributed by atoms with Crippen LogP contribution in [-0.2, 0) is 16.0 Å². The summed E-state index contributed by atoms with van der Waals surface area (Å²) in [6.45, 7) is 3.59. The van der Waals surface area contributed by atoms with Gasteiger partial charge in [0.1, 0.15) is 5.60 Å². The Morgan fingerprint density at radius 2 is 1.96 bits per heavy atom. The average Bonchev–Trinajstić information content (AvgIpc) is 2.65. The molecule has 1 spiro atoms. The second-order valence-corrected chi connectivity index (χ2v) is 6.75. The highest BCUT2D eigenvalue weighted by atomic mass is 16.6. The quantitative estimate of drug-likeness (QED) is 0.800. The molecule has 1 N–H and O–H groups in total. The Hall–Kier alpha value is -2.84. The van der Waals surface area contributed by atoms with Crippen molar-refractivity contribution in [1.82, 2.24) is 14.8 Å². The number of nitrogens with zero attached hydrogens (tertiary/aromatic N) is 3. The molecule has 2 amide bonds. The zero-order valence-corrected chi connectivity index (χ0v) is 15.2. The van der Waals surface area contributed by atoms with Gasteiger partial charge in [-0.1, -0.05) is 0 Å². The maximum Gasteiger partial charge on any atom is 0.410 e. The summed E-state index contributed by atoms with van der Waals surface area (Å²) in [6, 6.07) is 3.31. The van der Waals surface area contributed by atoms with E-state index in [9.17, 15) is 14.4 Å². The maximum atomic E-state index is 12.4. The summed E-state index contributed by atoms with van der Waals surface area (Å²) in [7, 11) is 0. The Kier molecular flexibility index (Phi) is 5.48. The molecule has 2 aliphatic rings. The van der Waals surface area contributed by atoms with E-state index >= 15 is 0 Å². The lowest BCUT2D eigenvalue weighted by Crippen LogP contribution is -2.55. The van der Waals surface area contributed by atoms with Crippen molar-refractivity contribution >= 4 is 18.2 Å². The smallest absolute Gasteiger partial charge is 0.410 e. The maximum absolute atomic E-state index is 12.4. The Bertz CT molecular complexity index is 712. The van der Waals surface area contributed by atoms with Gasteiger partial charge in [0.15, 0.2) is 0 Å². The van der Waals surface area contributed by atoms with Crippen LogP contribution >= 0.6 is 0 Å². The fraction of sp³-hybridized carbons (Fsp3) is 0.556. The third-order valence-corrected chi connectivity index (χ3v) is 5.03. The van der Waals surface area contributed by atoms with Gasteiger partial charge in [-0.3, -0.25) is 4.98 Å². The van der Waals surface area contributed by atoms with Crippen molar-refractivity contribution in [2.75, 3.05) is 26.2 Å². The van der Waals surface area contributed by atoms with E-state index in [0.29, 0.717) is 63.3 Å². The monoisotopic (exact) mass is 377 g/mol. The molecule has 2 fully saturated rings. The fourth-order valence-corrected chi connectivity index (χ4v) is 3.38. The molecule has 3 heterocycles. The molecule has 0 atom stereocenters. The first-order chi connectivity index (χ1) is 12.9. The zero-order valence-electron chi connectivity index (χ0n) is 15.2. The van der Waals surface area contributed by atoms with Gasteiger partial charge in [-0.15, -0.1) is 0 Å². The van der Waals surface area contributed by atoms with Crippen molar-refractivity contribution < 1.29 is 29.0 Å². The zero-order chi connectivity index (χ0) is 19.4. The van der Waals surface area contributed by atoms with Crippen molar-refractivity contribution in [3.8, 4) is 0 Å². The lowest BCUT2D eigenvalue weighted by molar-refractivity contribution is -0.0791. The van der Waals surface area contributed by atoms with Crippen LogP contribution in [0, 0.1) is 0 Å². The Balaban J connectivity index is 1.55. The van der Waals surface area contributed by atoms with Crippen LogP contribution in [-0.4, -0.2) is 69.9 Å². The molecule has 0 bridgehead atoms. The van der Waals surface area contributed by atoms with Crippen LogP contribution in [0.15, 0.2) is 18.3 Å². The van der Waals surface area contributed by atoms with Gasteiger partial charge in [-0.2, -0.15) is 0 Å². The second kappa shape index (κ2) is 7.81. The molecule has 0 radical (unpaired) electrons. The lowest BCUT2D eigenvalue weighted by atomic mass is 9.87. The predicted molar refractivity (Wildman–Crippen MR) is 93.3 cm³/mol. The molecule has 9 heteroatoms. The summed E-state index contributed by atoms with van der Waals surface area (Å²) >= 11 is 0. The number of ether oxygens (including phenoxy) is 2. The molecule has 2 aliphatic heterocycles. The summed E-state index contributed by atoms with van der Waals surface area (Å²) in [5, 5.41) is 9.04. The highest BCUT2D eigenvalue weighted by Gasteiger charge is 2.43. The predicted octanol–water partition coefficient (Wildman–Crippen LogP) is 2.11. The van der Waals surface area contributed by atoms with Crippen LogP contribution in [0.5, 0.6) is 0 Å². The van der Waals surface area contributed by atoms with E-state index in [2.05, 4.69) is 4.98 Å². The number of pyridine rings is 1. The molecule has 0 aromatic carbocycles. The SMILES string of the molecule is CCOC(=O)c1ccc(CN2CCC3(CCN(C(=O)O)CC3)OC2=O)nc1. The molecule has 0 unspecified atom stereocenters. The van der Waals surface area contributed by atoms with E-state index in [-0.39, 0.29) is 0 Å². The number of rotatable bonds is 4. The number of hydrogen-bond donors (Lipinski definition) is 1. The van der Waals surface area contributed by atoms with Crippen molar-refractivity contribution in [3.05, 3.63) is 29.6 Å². The van der Waals surface area contributed by atoms with Crippen LogP contribution in [0.3, 0.4) is 0 Å². The van der Waals surface area contributed by atoms with Crippen molar-refractivity contribution in [1.29, 1.82) is 0 Å². The third-order valence-electron chi connectivity index (χ3n) is 5.03. The largest absolute Gasteiger partial charge is 0.465 e. The van der Waals surface area contributed by atoms with E-state index in [1.165, 1.54) is 11.1 Å².